The number of nitrogens with zero attached hydrogens (tertiary/aromatic N) is 2. The second kappa shape index (κ2) is 7.53. The summed E-state index contributed by atoms with van der Waals surface area (Å²) in [5.41, 5.74) is 2.67. The predicted octanol–water partition coefficient (Wildman–Crippen LogP) is 4.91. The highest BCUT2D eigenvalue weighted by Gasteiger charge is 2.14. The molecule has 0 aliphatic rings. The average Bonchev–Trinajstić information content (AvgIpc) is 2.62. The molecule has 1 heterocycles. The van der Waals surface area contributed by atoms with E-state index in [1.165, 1.54) is 30.1 Å². The summed E-state index contributed by atoms with van der Waals surface area (Å²) in [5, 5.41) is 5.78. The second-order valence-electron chi connectivity index (χ2n) is 7.21. The predicted molar refractivity (Wildman–Crippen MR) is 105 cm³/mol. The van der Waals surface area contributed by atoms with Gasteiger partial charge >= 0.3 is 0 Å². The largest absolute Gasteiger partial charge is 0.340 e. The highest BCUT2D eigenvalue weighted by molar-refractivity contribution is 6.03. The summed E-state index contributed by atoms with van der Waals surface area (Å²) in [4.78, 5) is 20.5. The van der Waals surface area contributed by atoms with Crippen LogP contribution in [-0.2, 0) is 5.41 Å². The molecule has 1 amide bonds. The standard InChI is InChI=1S/C21H21FN4O/c1-21(2,3)14-7-9-16(10-8-14)26-20(27)18-12-19(24-13-23-18)25-17-6-4-5-15(22)11-17/h4-13H,1-3H3,(H,26,27)(H,23,24,25). The lowest BCUT2D eigenvalue weighted by atomic mass is 9.87. The summed E-state index contributed by atoms with van der Waals surface area (Å²) in [7, 11) is 0. The zero-order valence-electron chi connectivity index (χ0n) is 15.5. The third kappa shape index (κ3) is 4.88. The van der Waals surface area contributed by atoms with Crippen molar-refractivity contribution in [1.29, 1.82) is 0 Å². The number of carbonyl (C=O) groups excluding carboxylic acids is 1. The molecular formula is C21H21FN4O. The van der Waals surface area contributed by atoms with Gasteiger partial charge in [-0.05, 0) is 41.3 Å². The van der Waals surface area contributed by atoms with Crippen LogP contribution < -0.4 is 10.6 Å². The van der Waals surface area contributed by atoms with Gasteiger partial charge in [0.1, 0.15) is 23.7 Å². The molecule has 0 atom stereocenters. The van der Waals surface area contributed by atoms with Crippen LogP contribution in [0.15, 0.2) is 60.9 Å². The number of benzene rings is 2. The van der Waals surface area contributed by atoms with Crippen LogP contribution in [0, 0.1) is 5.82 Å². The lowest BCUT2D eigenvalue weighted by molar-refractivity contribution is 0.102. The fourth-order valence-corrected chi connectivity index (χ4v) is 2.51. The average molecular weight is 364 g/mol. The quantitative estimate of drug-likeness (QED) is 0.690. The van der Waals surface area contributed by atoms with E-state index in [2.05, 4.69) is 41.4 Å². The van der Waals surface area contributed by atoms with Crippen LogP contribution in [0.2, 0.25) is 0 Å². The van der Waals surface area contributed by atoms with Gasteiger partial charge < -0.3 is 10.6 Å². The van der Waals surface area contributed by atoms with Crippen molar-refractivity contribution in [1.82, 2.24) is 9.97 Å². The minimum Gasteiger partial charge on any atom is -0.340 e. The fraction of sp³-hybridized carbons (Fsp3) is 0.190. The first kappa shape index (κ1) is 18.5. The Morgan fingerprint density at radius 1 is 0.963 bits per heavy atom. The Bertz CT molecular complexity index is 949. The van der Waals surface area contributed by atoms with E-state index in [1.807, 2.05) is 24.3 Å². The summed E-state index contributed by atoms with van der Waals surface area (Å²) in [5.74, 6) is -0.294. The normalized spacial score (nSPS) is 11.1. The number of amides is 1. The van der Waals surface area contributed by atoms with Crippen LogP contribution in [0.3, 0.4) is 0 Å². The highest BCUT2D eigenvalue weighted by Crippen LogP contribution is 2.23. The molecule has 0 bridgehead atoms. The van der Waals surface area contributed by atoms with E-state index in [4.69, 9.17) is 0 Å². The minimum absolute atomic E-state index is 0.0483. The Morgan fingerprint density at radius 2 is 1.70 bits per heavy atom. The molecule has 5 nitrogen and oxygen atoms in total. The maximum Gasteiger partial charge on any atom is 0.274 e. The molecule has 3 rings (SSSR count). The summed E-state index contributed by atoms with van der Waals surface area (Å²) in [6, 6.07) is 15.2. The topological polar surface area (TPSA) is 66.9 Å². The fourth-order valence-electron chi connectivity index (χ4n) is 2.51. The number of carbonyl (C=O) groups is 1. The van der Waals surface area contributed by atoms with E-state index < -0.39 is 0 Å². The van der Waals surface area contributed by atoms with Gasteiger partial charge in [0.15, 0.2) is 0 Å². The van der Waals surface area contributed by atoms with E-state index >= 15 is 0 Å². The number of nitrogens with one attached hydrogen (secondary N) is 2. The van der Waals surface area contributed by atoms with Crippen LogP contribution in [0.1, 0.15) is 36.8 Å². The number of rotatable bonds is 4. The number of aromatic nitrogens is 2. The van der Waals surface area contributed by atoms with Crippen molar-refractivity contribution >= 4 is 23.1 Å². The van der Waals surface area contributed by atoms with Crippen LogP contribution in [0.4, 0.5) is 21.6 Å². The molecule has 0 radical (unpaired) electrons. The summed E-state index contributed by atoms with van der Waals surface area (Å²) in [6.45, 7) is 6.40. The van der Waals surface area contributed by atoms with Gasteiger partial charge in [-0.3, -0.25) is 4.79 Å². The Morgan fingerprint density at radius 3 is 2.37 bits per heavy atom. The Balaban J connectivity index is 1.72. The molecule has 138 valence electrons. The highest BCUT2D eigenvalue weighted by atomic mass is 19.1. The monoisotopic (exact) mass is 364 g/mol. The molecule has 0 aliphatic heterocycles. The van der Waals surface area contributed by atoms with Gasteiger partial charge in [0.25, 0.3) is 5.91 Å². The van der Waals surface area contributed by atoms with Crippen LogP contribution >= 0.6 is 0 Å². The van der Waals surface area contributed by atoms with Crippen LogP contribution in [-0.4, -0.2) is 15.9 Å². The van der Waals surface area contributed by atoms with Crippen molar-refractivity contribution in [2.75, 3.05) is 10.6 Å². The Labute approximate surface area is 157 Å². The zero-order valence-corrected chi connectivity index (χ0v) is 15.5. The molecule has 0 spiro atoms. The number of hydrogen-bond acceptors (Lipinski definition) is 4. The van der Waals surface area contributed by atoms with Gasteiger partial charge in [-0.25, -0.2) is 14.4 Å². The third-order valence-corrected chi connectivity index (χ3v) is 4.01. The van der Waals surface area contributed by atoms with Gasteiger partial charge in [-0.2, -0.15) is 0 Å². The lowest BCUT2D eigenvalue weighted by Crippen LogP contribution is -2.15. The molecule has 0 aliphatic carbocycles. The Kier molecular flexibility index (Phi) is 5.16. The molecule has 0 unspecified atom stereocenters. The smallest absolute Gasteiger partial charge is 0.274 e. The van der Waals surface area contributed by atoms with Crippen LogP contribution in [0.25, 0.3) is 0 Å². The van der Waals surface area contributed by atoms with E-state index in [0.29, 0.717) is 17.2 Å². The summed E-state index contributed by atoms with van der Waals surface area (Å²) in [6.07, 6.45) is 1.29. The lowest BCUT2D eigenvalue weighted by Gasteiger charge is -2.19. The number of hydrogen-bond donors (Lipinski definition) is 2. The van der Waals surface area contributed by atoms with Crippen LogP contribution in [0.5, 0.6) is 0 Å². The van der Waals surface area contributed by atoms with Crippen molar-refractivity contribution in [3.8, 4) is 0 Å². The third-order valence-electron chi connectivity index (χ3n) is 4.01. The molecule has 0 saturated carbocycles. The minimum atomic E-state index is -0.356. The van der Waals surface area contributed by atoms with Crippen molar-refractivity contribution in [2.24, 2.45) is 0 Å². The van der Waals surface area contributed by atoms with E-state index in [0.717, 1.165) is 0 Å². The first-order valence-electron chi connectivity index (χ1n) is 8.58. The van der Waals surface area contributed by atoms with E-state index in [1.54, 1.807) is 12.1 Å². The first-order valence-corrected chi connectivity index (χ1v) is 8.58. The second-order valence-corrected chi connectivity index (χ2v) is 7.21. The van der Waals surface area contributed by atoms with Crippen molar-refractivity contribution < 1.29 is 9.18 Å². The van der Waals surface area contributed by atoms with Gasteiger partial charge in [0, 0.05) is 17.4 Å². The van der Waals surface area contributed by atoms with Crippen molar-refractivity contribution in [3.05, 3.63) is 78.0 Å². The van der Waals surface area contributed by atoms with Gasteiger partial charge in [0.05, 0.1) is 0 Å². The molecule has 2 aromatic carbocycles. The SMILES string of the molecule is CC(C)(C)c1ccc(NC(=O)c2cc(Nc3cccc(F)c3)ncn2)cc1. The summed E-state index contributed by atoms with van der Waals surface area (Å²) < 4.78 is 13.3. The molecule has 0 saturated heterocycles. The zero-order chi connectivity index (χ0) is 19.4. The molecule has 3 aromatic rings. The van der Waals surface area contributed by atoms with E-state index in [9.17, 15) is 9.18 Å². The molecule has 27 heavy (non-hydrogen) atoms. The first-order chi connectivity index (χ1) is 12.8. The van der Waals surface area contributed by atoms with Gasteiger partial charge in [-0.1, -0.05) is 39.0 Å². The molecule has 0 fully saturated rings. The maximum atomic E-state index is 13.3. The Hall–Kier alpha value is -3.28. The number of halogens is 1. The van der Waals surface area contributed by atoms with E-state index in [-0.39, 0.29) is 22.8 Å². The van der Waals surface area contributed by atoms with Gasteiger partial charge in [0.2, 0.25) is 0 Å². The van der Waals surface area contributed by atoms with Crippen molar-refractivity contribution in [3.63, 3.8) is 0 Å². The maximum absolute atomic E-state index is 13.3. The van der Waals surface area contributed by atoms with Crippen molar-refractivity contribution in [2.45, 2.75) is 26.2 Å². The number of anilines is 3. The molecule has 2 N–H and O–H groups in total. The molecular weight excluding hydrogens is 343 g/mol. The molecule has 6 heteroatoms. The van der Waals surface area contributed by atoms with Gasteiger partial charge in [-0.15, -0.1) is 0 Å². The molecule has 1 aromatic heterocycles. The summed E-state index contributed by atoms with van der Waals surface area (Å²) >= 11 is 0.